The first-order valence-electron chi connectivity index (χ1n) is 30.6. The fourth-order valence-electron chi connectivity index (χ4n) is 8.63. The van der Waals surface area contributed by atoms with Gasteiger partial charge in [-0.3, -0.25) is 14.4 Å². The van der Waals surface area contributed by atoms with Gasteiger partial charge in [0.2, 0.25) is 0 Å². The van der Waals surface area contributed by atoms with Crippen molar-refractivity contribution < 1.29 is 28.6 Å². The monoisotopic (exact) mass is 1000 g/mol. The molecule has 0 aromatic rings. The zero-order valence-corrected chi connectivity index (χ0v) is 47.4. The van der Waals surface area contributed by atoms with E-state index in [1.165, 1.54) is 135 Å². The molecule has 6 nitrogen and oxygen atoms in total. The van der Waals surface area contributed by atoms with E-state index >= 15 is 0 Å². The number of carbonyl (C=O) groups is 3. The molecule has 0 aromatic carbocycles. The van der Waals surface area contributed by atoms with Gasteiger partial charge in [0.25, 0.3) is 0 Å². The Labute approximate surface area is 445 Å². The van der Waals surface area contributed by atoms with Gasteiger partial charge in [0.15, 0.2) is 6.10 Å². The van der Waals surface area contributed by atoms with Crippen LogP contribution in [0.2, 0.25) is 0 Å². The third-order valence-electron chi connectivity index (χ3n) is 13.1. The van der Waals surface area contributed by atoms with E-state index in [2.05, 4.69) is 106 Å². The quantitative estimate of drug-likeness (QED) is 0.0261. The summed E-state index contributed by atoms with van der Waals surface area (Å²) in [6, 6.07) is 0. The zero-order valence-electron chi connectivity index (χ0n) is 47.4. The van der Waals surface area contributed by atoms with E-state index in [0.717, 1.165) is 122 Å². The molecule has 0 aliphatic heterocycles. The summed E-state index contributed by atoms with van der Waals surface area (Å²) in [5.74, 6) is -0.892. The molecule has 0 heterocycles. The van der Waals surface area contributed by atoms with E-state index in [1.807, 2.05) is 0 Å². The molecule has 0 radical (unpaired) electrons. The van der Waals surface area contributed by atoms with Gasteiger partial charge in [-0.2, -0.15) is 0 Å². The van der Waals surface area contributed by atoms with E-state index in [1.54, 1.807) is 0 Å². The Kier molecular flexibility index (Phi) is 57.3. The van der Waals surface area contributed by atoms with Crippen LogP contribution < -0.4 is 0 Å². The predicted octanol–water partition coefficient (Wildman–Crippen LogP) is 20.7. The van der Waals surface area contributed by atoms with Crippen LogP contribution in [-0.4, -0.2) is 37.2 Å². The van der Waals surface area contributed by atoms with Gasteiger partial charge in [0, 0.05) is 19.3 Å². The summed E-state index contributed by atoms with van der Waals surface area (Å²) in [7, 11) is 0. The maximum absolute atomic E-state index is 12.8. The second-order valence-electron chi connectivity index (χ2n) is 20.2. The molecule has 0 bridgehead atoms. The summed E-state index contributed by atoms with van der Waals surface area (Å²) in [5.41, 5.74) is 0. The summed E-state index contributed by atoms with van der Waals surface area (Å²) < 4.78 is 16.8. The summed E-state index contributed by atoms with van der Waals surface area (Å²) >= 11 is 0. The fraction of sp³-hybridized carbons (Fsp3) is 0.742. The molecule has 414 valence electrons. The summed E-state index contributed by atoms with van der Waals surface area (Å²) in [6.45, 7) is 6.39. The lowest BCUT2D eigenvalue weighted by Crippen LogP contribution is -2.30. The first-order valence-corrected chi connectivity index (χ1v) is 30.6. The van der Waals surface area contributed by atoms with E-state index in [9.17, 15) is 14.4 Å². The molecular weight excluding hydrogens is 889 g/mol. The Bertz CT molecular complexity index is 1380. The molecule has 0 rings (SSSR count). The van der Waals surface area contributed by atoms with Crippen molar-refractivity contribution in [2.45, 2.75) is 303 Å². The largest absolute Gasteiger partial charge is 0.462 e. The number of allylic oxidation sites excluding steroid dienone is 14. The van der Waals surface area contributed by atoms with Crippen LogP contribution >= 0.6 is 0 Å². The molecule has 0 aliphatic carbocycles. The molecule has 6 heteroatoms. The number of ether oxygens (including phenoxy) is 3. The minimum atomic E-state index is -0.781. The van der Waals surface area contributed by atoms with Crippen LogP contribution in [0.1, 0.15) is 297 Å². The highest BCUT2D eigenvalue weighted by molar-refractivity contribution is 5.71. The number of carbonyl (C=O) groups excluding carboxylic acids is 3. The Morgan fingerprint density at radius 1 is 0.292 bits per heavy atom. The van der Waals surface area contributed by atoms with Crippen molar-refractivity contribution >= 4 is 17.9 Å². The molecule has 0 spiro atoms. The van der Waals surface area contributed by atoms with Crippen molar-refractivity contribution in [3.63, 3.8) is 0 Å². The molecule has 0 fully saturated rings. The van der Waals surface area contributed by atoms with Gasteiger partial charge in [0.1, 0.15) is 13.2 Å². The van der Waals surface area contributed by atoms with E-state index in [-0.39, 0.29) is 31.1 Å². The normalized spacial score (nSPS) is 12.7. The number of unbranched alkanes of at least 4 members (excludes halogenated alkanes) is 30. The van der Waals surface area contributed by atoms with Crippen molar-refractivity contribution in [3.8, 4) is 0 Å². The third kappa shape index (κ3) is 57.5. The van der Waals surface area contributed by atoms with Gasteiger partial charge in [-0.15, -0.1) is 0 Å². The molecule has 0 aromatic heterocycles. The second kappa shape index (κ2) is 60.1. The van der Waals surface area contributed by atoms with Gasteiger partial charge < -0.3 is 14.2 Å². The molecule has 0 saturated heterocycles. The standard InChI is InChI=1S/C66H114O6/c1-4-7-10-13-16-19-21-23-25-26-27-28-29-30-31-32-33-34-35-36-37-38-39-40-42-43-45-47-50-53-56-59-65(68)71-62-63(61-70-64(67)58-55-52-49-18-15-12-9-6-3)72-66(69)60-57-54-51-48-46-44-41-24-22-20-17-14-11-8-5-2/h7-8,10-11,16-17,19-20,23-25,27-28,41,63H,4-6,9,12-15,18,21-22,26,29-40,42-62H2,1-3H3/b10-7-,11-8-,19-16-,20-17-,25-23-,28-27-,41-24-. The minimum Gasteiger partial charge on any atom is -0.462 e. The molecular formula is C66H114O6. The number of hydrogen-bond donors (Lipinski definition) is 0. The van der Waals surface area contributed by atoms with Gasteiger partial charge in [0.05, 0.1) is 0 Å². The van der Waals surface area contributed by atoms with Gasteiger partial charge in [-0.05, 0) is 89.9 Å². The minimum absolute atomic E-state index is 0.0799. The maximum Gasteiger partial charge on any atom is 0.306 e. The molecule has 0 saturated carbocycles. The van der Waals surface area contributed by atoms with Crippen LogP contribution in [0, 0.1) is 0 Å². The van der Waals surface area contributed by atoms with Gasteiger partial charge >= 0.3 is 17.9 Å². The van der Waals surface area contributed by atoms with Crippen LogP contribution in [0.5, 0.6) is 0 Å². The van der Waals surface area contributed by atoms with Crippen molar-refractivity contribution in [3.05, 3.63) is 85.1 Å². The molecule has 1 atom stereocenters. The second-order valence-corrected chi connectivity index (χ2v) is 20.2. The van der Waals surface area contributed by atoms with Crippen LogP contribution in [0.25, 0.3) is 0 Å². The molecule has 72 heavy (non-hydrogen) atoms. The van der Waals surface area contributed by atoms with Crippen LogP contribution in [-0.2, 0) is 28.6 Å². The van der Waals surface area contributed by atoms with Gasteiger partial charge in [-0.1, -0.05) is 273 Å². The Hall–Kier alpha value is -3.41. The van der Waals surface area contributed by atoms with Crippen LogP contribution in [0.4, 0.5) is 0 Å². The van der Waals surface area contributed by atoms with Crippen molar-refractivity contribution in [1.82, 2.24) is 0 Å². The van der Waals surface area contributed by atoms with E-state index < -0.39 is 6.10 Å². The van der Waals surface area contributed by atoms with Gasteiger partial charge in [-0.25, -0.2) is 0 Å². The fourth-order valence-corrected chi connectivity index (χ4v) is 8.63. The SMILES string of the molecule is CC/C=C\C/C=C\C/C=C\C/C=C\CCCCCCCCCCCCCCCCCCCCC(=O)OCC(COC(=O)CCCCCCCCCC)OC(=O)CCCCCCC/C=C\C/C=C\C/C=C\CC. The topological polar surface area (TPSA) is 78.9 Å². The highest BCUT2D eigenvalue weighted by atomic mass is 16.6. The first-order chi connectivity index (χ1) is 35.5. The smallest absolute Gasteiger partial charge is 0.306 e. The lowest BCUT2D eigenvalue weighted by atomic mass is 10.0. The Balaban J connectivity index is 4.07. The predicted molar refractivity (Wildman–Crippen MR) is 311 cm³/mol. The number of hydrogen-bond acceptors (Lipinski definition) is 6. The number of esters is 3. The lowest BCUT2D eigenvalue weighted by Gasteiger charge is -2.18. The Morgan fingerprint density at radius 2 is 0.542 bits per heavy atom. The Morgan fingerprint density at radius 3 is 0.847 bits per heavy atom. The molecule has 1 unspecified atom stereocenters. The van der Waals surface area contributed by atoms with Crippen molar-refractivity contribution in [2.75, 3.05) is 13.2 Å². The molecule has 0 N–H and O–H groups in total. The van der Waals surface area contributed by atoms with Crippen molar-refractivity contribution in [2.24, 2.45) is 0 Å². The van der Waals surface area contributed by atoms with Crippen LogP contribution in [0.3, 0.4) is 0 Å². The number of rotatable bonds is 55. The first kappa shape index (κ1) is 68.6. The maximum atomic E-state index is 12.8. The van der Waals surface area contributed by atoms with E-state index in [4.69, 9.17) is 14.2 Å². The van der Waals surface area contributed by atoms with Crippen molar-refractivity contribution in [1.29, 1.82) is 0 Å². The highest BCUT2D eigenvalue weighted by Crippen LogP contribution is 2.17. The third-order valence-corrected chi connectivity index (χ3v) is 13.1. The zero-order chi connectivity index (χ0) is 52.2. The average molecular weight is 1000 g/mol. The summed E-state index contributed by atoms with van der Waals surface area (Å²) in [6.07, 6.45) is 79.0. The summed E-state index contributed by atoms with van der Waals surface area (Å²) in [5, 5.41) is 0. The summed E-state index contributed by atoms with van der Waals surface area (Å²) in [4.78, 5) is 38.0. The highest BCUT2D eigenvalue weighted by Gasteiger charge is 2.19. The van der Waals surface area contributed by atoms with Crippen LogP contribution in [0.15, 0.2) is 85.1 Å². The average Bonchev–Trinajstić information content (AvgIpc) is 3.38. The molecule has 0 aliphatic rings. The van der Waals surface area contributed by atoms with E-state index in [0.29, 0.717) is 19.3 Å². The lowest BCUT2D eigenvalue weighted by molar-refractivity contribution is -0.167. The molecule has 0 amide bonds.